The monoisotopic (exact) mass is 445 g/mol. The van der Waals surface area contributed by atoms with Crippen molar-refractivity contribution in [1.29, 1.82) is 0 Å². The topological polar surface area (TPSA) is 96.2 Å². The normalized spacial score (nSPS) is 14.8. The zero-order valence-corrected chi connectivity index (χ0v) is 18.4. The summed E-state index contributed by atoms with van der Waals surface area (Å²) in [6.45, 7) is 6.05. The van der Waals surface area contributed by atoms with Crippen LogP contribution in [0.4, 0.5) is 5.00 Å². The average molecular weight is 446 g/mol. The number of aromatic amines is 1. The van der Waals surface area contributed by atoms with Gasteiger partial charge in [0.25, 0.3) is 11.8 Å². The lowest BCUT2D eigenvalue weighted by Gasteiger charge is -2.31. The van der Waals surface area contributed by atoms with Crippen molar-refractivity contribution in [3.8, 4) is 0 Å². The first-order chi connectivity index (χ1) is 14.5. The molecule has 1 fully saturated rings. The number of hydrogen-bond acceptors (Lipinski definition) is 6. The van der Waals surface area contributed by atoms with Gasteiger partial charge in [-0.15, -0.1) is 11.3 Å². The summed E-state index contributed by atoms with van der Waals surface area (Å²) in [5.41, 5.74) is 0.855. The highest BCUT2D eigenvalue weighted by atomic mass is 32.1. The van der Waals surface area contributed by atoms with Crippen LogP contribution in [0.5, 0.6) is 0 Å². The number of piperidine rings is 1. The molecule has 10 heteroatoms. The molecule has 0 saturated carbocycles. The highest BCUT2D eigenvalue weighted by molar-refractivity contribution is 7.71. The van der Waals surface area contributed by atoms with Crippen molar-refractivity contribution in [2.24, 2.45) is 0 Å². The summed E-state index contributed by atoms with van der Waals surface area (Å²) in [6, 6.07) is 5.08. The summed E-state index contributed by atoms with van der Waals surface area (Å²) in [6.07, 6.45) is 3.14. The molecule has 0 spiro atoms. The maximum Gasteiger partial charge on any atom is 0.291 e. The van der Waals surface area contributed by atoms with E-state index in [4.69, 9.17) is 16.6 Å². The van der Waals surface area contributed by atoms with E-state index in [0.29, 0.717) is 27.7 Å². The third-order valence-corrected chi connectivity index (χ3v) is 6.80. The molecule has 8 nitrogen and oxygen atoms in total. The number of thiophene rings is 1. The van der Waals surface area contributed by atoms with Crippen LogP contribution in [-0.4, -0.2) is 44.6 Å². The third kappa shape index (κ3) is 3.97. The number of H-pyrrole nitrogens is 1. The number of rotatable bonds is 5. The first-order valence-corrected chi connectivity index (χ1v) is 11.1. The molecule has 0 aromatic carbocycles. The zero-order chi connectivity index (χ0) is 21.3. The summed E-state index contributed by atoms with van der Waals surface area (Å²) in [7, 11) is 0. The minimum absolute atomic E-state index is 0.00352. The Morgan fingerprint density at radius 2 is 2.17 bits per heavy atom. The molecule has 2 N–H and O–H groups in total. The summed E-state index contributed by atoms with van der Waals surface area (Å²) in [4.78, 5) is 27.8. The van der Waals surface area contributed by atoms with Crippen molar-refractivity contribution >= 4 is 40.4 Å². The SMILES string of the molecule is CCn1c(C2CCN(C(=O)c3sc(NC(=O)c4ccco4)cc3C)CC2)n[nH]c1=S. The van der Waals surface area contributed by atoms with Crippen LogP contribution in [0.3, 0.4) is 0 Å². The molecule has 0 aliphatic carbocycles. The molecule has 3 aromatic heterocycles. The van der Waals surface area contributed by atoms with E-state index in [9.17, 15) is 9.59 Å². The molecule has 158 valence electrons. The Kier molecular flexibility index (Phi) is 5.87. The van der Waals surface area contributed by atoms with Gasteiger partial charge in [0, 0.05) is 25.6 Å². The van der Waals surface area contributed by atoms with E-state index >= 15 is 0 Å². The molecule has 0 atom stereocenters. The lowest BCUT2D eigenvalue weighted by Crippen LogP contribution is -2.38. The molecule has 4 heterocycles. The molecular formula is C20H23N5O3S2. The number of amides is 2. The molecule has 0 radical (unpaired) electrons. The Labute approximate surface area is 182 Å². The molecule has 2 amide bonds. The summed E-state index contributed by atoms with van der Waals surface area (Å²) in [5, 5.41) is 10.7. The second-order valence-corrected chi connectivity index (χ2v) is 8.69. The predicted octanol–water partition coefficient (Wildman–Crippen LogP) is 4.20. The molecule has 1 saturated heterocycles. The number of nitrogens with zero attached hydrogens (tertiary/aromatic N) is 3. The lowest BCUT2D eigenvalue weighted by atomic mass is 9.95. The number of hydrogen-bond donors (Lipinski definition) is 2. The van der Waals surface area contributed by atoms with Crippen LogP contribution in [-0.2, 0) is 6.54 Å². The lowest BCUT2D eigenvalue weighted by molar-refractivity contribution is 0.0714. The Bertz CT molecular complexity index is 1100. The van der Waals surface area contributed by atoms with E-state index in [1.165, 1.54) is 17.6 Å². The first kappa shape index (κ1) is 20.5. The van der Waals surface area contributed by atoms with Gasteiger partial charge in [-0.05, 0) is 62.7 Å². The van der Waals surface area contributed by atoms with Crippen molar-refractivity contribution in [3.05, 3.63) is 51.3 Å². The van der Waals surface area contributed by atoms with E-state index in [2.05, 4.69) is 22.4 Å². The summed E-state index contributed by atoms with van der Waals surface area (Å²) in [5.74, 6) is 1.18. The van der Waals surface area contributed by atoms with Crippen molar-refractivity contribution in [3.63, 3.8) is 0 Å². The molecule has 0 unspecified atom stereocenters. The van der Waals surface area contributed by atoms with Crippen molar-refractivity contribution in [2.75, 3.05) is 18.4 Å². The van der Waals surface area contributed by atoms with Gasteiger partial charge in [-0.2, -0.15) is 5.10 Å². The minimum atomic E-state index is -0.328. The Balaban J connectivity index is 1.41. The maximum absolute atomic E-state index is 13.1. The Hall–Kier alpha value is -2.72. The van der Waals surface area contributed by atoms with Crippen LogP contribution in [0.1, 0.15) is 57.3 Å². The molecule has 4 rings (SSSR count). The largest absolute Gasteiger partial charge is 0.459 e. The summed E-state index contributed by atoms with van der Waals surface area (Å²) < 4.78 is 7.78. The Morgan fingerprint density at radius 3 is 2.83 bits per heavy atom. The van der Waals surface area contributed by atoms with Gasteiger partial charge in [0.15, 0.2) is 10.5 Å². The van der Waals surface area contributed by atoms with E-state index in [-0.39, 0.29) is 23.5 Å². The molecule has 30 heavy (non-hydrogen) atoms. The number of carbonyl (C=O) groups excluding carboxylic acids is 2. The van der Waals surface area contributed by atoms with E-state index in [0.717, 1.165) is 30.8 Å². The third-order valence-electron chi connectivity index (χ3n) is 5.35. The number of nitrogens with one attached hydrogen (secondary N) is 2. The van der Waals surface area contributed by atoms with Crippen LogP contribution in [0, 0.1) is 11.7 Å². The number of anilines is 1. The van der Waals surface area contributed by atoms with E-state index < -0.39 is 0 Å². The molecule has 1 aliphatic heterocycles. The van der Waals surface area contributed by atoms with Gasteiger partial charge in [-0.25, -0.2) is 0 Å². The Morgan fingerprint density at radius 1 is 1.40 bits per heavy atom. The number of furan rings is 1. The average Bonchev–Trinajstić information content (AvgIpc) is 3.48. The molecule has 3 aromatic rings. The number of carbonyl (C=O) groups is 2. The van der Waals surface area contributed by atoms with Gasteiger partial charge in [-0.1, -0.05) is 0 Å². The van der Waals surface area contributed by atoms with Crippen molar-refractivity contribution < 1.29 is 14.0 Å². The fourth-order valence-electron chi connectivity index (χ4n) is 3.77. The van der Waals surface area contributed by atoms with Gasteiger partial charge in [-0.3, -0.25) is 14.7 Å². The number of aromatic nitrogens is 3. The van der Waals surface area contributed by atoms with Crippen LogP contribution >= 0.6 is 23.6 Å². The fraction of sp³-hybridized carbons (Fsp3) is 0.400. The van der Waals surface area contributed by atoms with Crippen LogP contribution < -0.4 is 5.32 Å². The second kappa shape index (κ2) is 8.57. The van der Waals surface area contributed by atoms with Crippen molar-refractivity contribution in [1.82, 2.24) is 19.7 Å². The molecule has 0 bridgehead atoms. The van der Waals surface area contributed by atoms with Crippen LogP contribution in [0.2, 0.25) is 0 Å². The van der Waals surface area contributed by atoms with E-state index in [1.807, 2.05) is 22.5 Å². The van der Waals surface area contributed by atoms with Gasteiger partial charge in [0.1, 0.15) is 5.82 Å². The van der Waals surface area contributed by atoms with Crippen LogP contribution in [0.25, 0.3) is 0 Å². The van der Waals surface area contributed by atoms with E-state index in [1.54, 1.807) is 12.1 Å². The fourth-order valence-corrected chi connectivity index (χ4v) is 5.07. The van der Waals surface area contributed by atoms with Gasteiger partial charge in [0.2, 0.25) is 0 Å². The highest BCUT2D eigenvalue weighted by Gasteiger charge is 2.29. The first-order valence-electron chi connectivity index (χ1n) is 9.87. The minimum Gasteiger partial charge on any atom is -0.459 e. The quantitative estimate of drug-likeness (QED) is 0.574. The standard InChI is InChI=1S/C20H23N5O3S2/c1-3-25-17(22-23-20(25)29)13-6-8-24(9-7-13)19(27)16-12(2)11-15(30-16)21-18(26)14-5-4-10-28-14/h4-5,10-11,13H,3,6-9H2,1-2H3,(H,21,26)(H,23,29). The van der Waals surface area contributed by atoms with Gasteiger partial charge >= 0.3 is 0 Å². The number of likely N-dealkylation sites (tertiary alicyclic amines) is 1. The maximum atomic E-state index is 13.1. The number of aryl methyl sites for hydroxylation is 1. The smallest absolute Gasteiger partial charge is 0.291 e. The predicted molar refractivity (Wildman–Crippen MR) is 117 cm³/mol. The van der Waals surface area contributed by atoms with Crippen LogP contribution in [0.15, 0.2) is 28.9 Å². The summed E-state index contributed by atoms with van der Waals surface area (Å²) >= 11 is 6.58. The highest BCUT2D eigenvalue weighted by Crippen LogP contribution is 2.31. The molecular weight excluding hydrogens is 422 g/mol. The second-order valence-electron chi connectivity index (χ2n) is 7.25. The zero-order valence-electron chi connectivity index (χ0n) is 16.8. The van der Waals surface area contributed by atoms with Crippen molar-refractivity contribution in [2.45, 2.75) is 39.2 Å². The molecule has 1 aliphatic rings. The van der Waals surface area contributed by atoms with Gasteiger partial charge in [0.05, 0.1) is 16.1 Å². The van der Waals surface area contributed by atoms with Gasteiger partial charge < -0.3 is 19.2 Å².